The topological polar surface area (TPSA) is 127 Å². The van der Waals surface area contributed by atoms with Gasteiger partial charge in [0, 0.05) is 23.7 Å². The number of methoxy groups -OCH3 is 1. The number of nitrogen functional groups attached to an aromatic ring is 1. The van der Waals surface area contributed by atoms with E-state index >= 15 is 4.39 Å². The van der Waals surface area contributed by atoms with Gasteiger partial charge < -0.3 is 21.2 Å². The highest BCUT2D eigenvalue weighted by atomic mass is 19.1. The smallest absolute Gasteiger partial charge is 0.350 e. The summed E-state index contributed by atoms with van der Waals surface area (Å²) in [5, 5.41) is 15.8. The molecule has 3 unspecified atom stereocenters. The van der Waals surface area contributed by atoms with Crippen LogP contribution in [0.15, 0.2) is 15.7 Å². The second kappa shape index (κ2) is 8.32. The molecular weight excluding hydrogens is 403 g/mol. The van der Waals surface area contributed by atoms with Crippen LogP contribution >= 0.6 is 0 Å². The molecule has 31 heavy (non-hydrogen) atoms. The number of nitrogens with two attached hydrogens (primary N) is 1. The van der Waals surface area contributed by atoms with Crippen LogP contribution in [-0.2, 0) is 0 Å². The van der Waals surface area contributed by atoms with Gasteiger partial charge in [-0.05, 0) is 51.3 Å². The summed E-state index contributed by atoms with van der Waals surface area (Å²) in [6.07, 6.45) is 2.63. The Morgan fingerprint density at radius 3 is 2.74 bits per heavy atom. The number of nitrogens with zero attached hydrogens (tertiary/aromatic N) is 3. The van der Waals surface area contributed by atoms with Crippen LogP contribution in [0.2, 0.25) is 0 Å². The Morgan fingerprint density at radius 1 is 1.42 bits per heavy atom. The quantitative estimate of drug-likeness (QED) is 0.557. The number of hydrogen-bond donors (Lipinski definition) is 3. The number of hydrogen-bond acceptors (Lipinski definition) is 7. The predicted octanol–water partition coefficient (Wildman–Crippen LogP) is 0.902. The van der Waals surface area contributed by atoms with Crippen molar-refractivity contribution in [3.8, 4) is 11.8 Å². The van der Waals surface area contributed by atoms with Gasteiger partial charge in [-0.3, -0.25) is 9.36 Å². The molecule has 1 saturated heterocycles. The Morgan fingerprint density at radius 2 is 2.16 bits per heavy atom. The van der Waals surface area contributed by atoms with Crippen molar-refractivity contribution < 1.29 is 9.13 Å². The molecule has 3 atom stereocenters. The zero-order valence-electron chi connectivity index (χ0n) is 17.7. The minimum Gasteiger partial charge on any atom is -0.494 e. The standard InChI is InChI=1S/C21H27FN6O3/c1-11(5-7-23)26-17(12-6-8-25-10-12)16-15(22)9-14-18(19(16)31-2)27(13-3-4-13)21(30)28(24)20(14)29/h9,11-13,17,25-26H,3-6,8,10,24H2,1-2H3. The van der Waals surface area contributed by atoms with Crippen molar-refractivity contribution in [3.05, 3.63) is 38.3 Å². The van der Waals surface area contributed by atoms with Crippen LogP contribution in [0.25, 0.3) is 10.9 Å². The van der Waals surface area contributed by atoms with E-state index in [1.807, 2.05) is 6.92 Å². The average Bonchev–Trinajstić information content (AvgIpc) is 3.43. The molecule has 2 heterocycles. The van der Waals surface area contributed by atoms with E-state index in [0.717, 1.165) is 31.9 Å². The van der Waals surface area contributed by atoms with Gasteiger partial charge in [-0.15, -0.1) is 0 Å². The number of nitriles is 1. The van der Waals surface area contributed by atoms with Crippen LogP contribution < -0.4 is 32.5 Å². The highest BCUT2D eigenvalue weighted by Gasteiger charge is 2.36. The van der Waals surface area contributed by atoms with Gasteiger partial charge in [0.1, 0.15) is 11.3 Å². The summed E-state index contributed by atoms with van der Waals surface area (Å²) < 4.78 is 23.3. The highest BCUT2D eigenvalue weighted by Crippen LogP contribution is 2.42. The Kier molecular flexibility index (Phi) is 5.73. The van der Waals surface area contributed by atoms with Gasteiger partial charge in [-0.1, -0.05) is 0 Å². The fraction of sp³-hybridized carbons (Fsp3) is 0.571. The zero-order chi connectivity index (χ0) is 22.3. The van der Waals surface area contributed by atoms with Crippen molar-refractivity contribution in [2.24, 2.45) is 5.92 Å². The monoisotopic (exact) mass is 430 g/mol. The molecule has 2 aliphatic rings. The molecule has 166 valence electrons. The van der Waals surface area contributed by atoms with Crippen LogP contribution in [0, 0.1) is 23.1 Å². The summed E-state index contributed by atoms with van der Waals surface area (Å²) in [6.45, 7) is 3.35. The van der Waals surface area contributed by atoms with Crippen molar-refractivity contribution in [3.63, 3.8) is 0 Å². The van der Waals surface area contributed by atoms with E-state index in [1.165, 1.54) is 11.7 Å². The summed E-state index contributed by atoms with van der Waals surface area (Å²) in [4.78, 5) is 25.5. The van der Waals surface area contributed by atoms with Crippen molar-refractivity contribution in [1.29, 1.82) is 5.26 Å². The number of aromatic nitrogens is 2. The van der Waals surface area contributed by atoms with Crippen LogP contribution in [0.4, 0.5) is 4.39 Å². The summed E-state index contributed by atoms with van der Waals surface area (Å²) in [7, 11) is 1.41. The first-order valence-corrected chi connectivity index (χ1v) is 10.5. The number of fused-ring (bicyclic) bond motifs is 1. The van der Waals surface area contributed by atoms with E-state index in [0.29, 0.717) is 11.2 Å². The number of benzene rings is 1. The van der Waals surface area contributed by atoms with E-state index in [9.17, 15) is 9.59 Å². The van der Waals surface area contributed by atoms with Crippen molar-refractivity contribution >= 4 is 10.9 Å². The van der Waals surface area contributed by atoms with Crippen LogP contribution in [0.3, 0.4) is 0 Å². The van der Waals surface area contributed by atoms with E-state index < -0.39 is 23.1 Å². The summed E-state index contributed by atoms with van der Waals surface area (Å²) in [6, 6.07) is 2.55. The normalized spacial score (nSPS) is 20.5. The minimum absolute atomic E-state index is 0.0143. The lowest BCUT2D eigenvalue weighted by Crippen LogP contribution is -2.45. The van der Waals surface area contributed by atoms with E-state index in [4.69, 9.17) is 15.8 Å². The van der Waals surface area contributed by atoms with Gasteiger partial charge in [-0.25, -0.2) is 9.18 Å². The predicted molar refractivity (Wildman–Crippen MR) is 114 cm³/mol. The maximum absolute atomic E-state index is 15.6. The van der Waals surface area contributed by atoms with E-state index in [1.54, 1.807) is 0 Å². The molecular formula is C21H27FN6O3. The first-order valence-electron chi connectivity index (χ1n) is 10.5. The van der Waals surface area contributed by atoms with Crippen LogP contribution in [0.1, 0.15) is 50.3 Å². The Hall–Kier alpha value is -2.90. The maximum Gasteiger partial charge on any atom is 0.350 e. The minimum atomic E-state index is -0.759. The molecule has 2 fully saturated rings. The Labute approximate surface area is 178 Å². The van der Waals surface area contributed by atoms with E-state index in [2.05, 4.69) is 16.7 Å². The highest BCUT2D eigenvalue weighted by molar-refractivity contribution is 5.86. The molecule has 1 saturated carbocycles. The lowest BCUT2D eigenvalue weighted by atomic mass is 9.89. The third-order valence-corrected chi connectivity index (χ3v) is 6.20. The first kappa shape index (κ1) is 21.3. The largest absolute Gasteiger partial charge is 0.494 e. The lowest BCUT2D eigenvalue weighted by Gasteiger charge is -2.30. The molecule has 4 N–H and O–H groups in total. The van der Waals surface area contributed by atoms with Gasteiger partial charge in [0.2, 0.25) is 0 Å². The molecule has 4 rings (SSSR count). The third-order valence-electron chi connectivity index (χ3n) is 6.20. The fourth-order valence-corrected chi connectivity index (χ4v) is 4.55. The molecule has 1 aromatic carbocycles. The van der Waals surface area contributed by atoms with Crippen LogP contribution in [0.5, 0.6) is 5.75 Å². The molecule has 0 radical (unpaired) electrons. The SMILES string of the molecule is COc1c(C(NC(C)CC#N)C2CCNC2)c(F)cc2c(=O)n(N)c(=O)n(C3CC3)c12. The lowest BCUT2D eigenvalue weighted by molar-refractivity contribution is 0.323. The molecule has 0 amide bonds. The molecule has 1 aliphatic heterocycles. The average molecular weight is 430 g/mol. The summed E-state index contributed by atoms with van der Waals surface area (Å²) >= 11 is 0. The molecule has 9 nitrogen and oxygen atoms in total. The number of ether oxygens (including phenoxy) is 1. The second-order valence-corrected chi connectivity index (χ2v) is 8.42. The molecule has 2 aromatic rings. The summed E-state index contributed by atoms with van der Waals surface area (Å²) in [5.74, 6) is 5.33. The maximum atomic E-state index is 15.6. The van der Waals surface area contributed by atoms with Gasteiger partial charge in [0.15, 0.2) is 5.75 Å². The number of halogens is 1. The van der Waals surface area contributed by atoms with E-state index in [-0.39, 0.29) is 46.6 Å². The van der Waals surface area contributed by atoms with Gasteiger partial charge in [0.05, 0.1) is 25.0 Å². The third kappa shape index (κ3) is 3.68. The van der Waals surface area contributed by atoms with Gasteiger partial charge >= 0.3 is 5.69 Å². The molecule has 0 spiro atoms. The Balaban J connectivity index is 2.00. The molecule has 0 bridgehead atoms. The fourth-order valence-electron chi connectivity index (χ4n) is 4.55. The number of nitrogens with one attached hydrogen (secondary N) is 2. The van der Waals surface area contributed by atoms with Crippen LogP contribution in [-0.4, -0.2) is 35.5 Å². The molecule has 10 heteroatoms. The van der Waals surface area contributed by atoms with Crippen molar-refractivity contribution in [1.82, 2.24) is 19.9 Å². The second-order valence-electron chi connectivity index (χ2n) is 8.42. The van der Waals surface area contributed by atoms with Crippen molar-refractivity contribution in [2.45, 2.75) is 50.7 Å². The summed E-state index contributed by atoms with van der Waals surface area (Å²) in [5.41, 5.74) is -0.841. The molecule has 1 aliphatic carbocycles. The first-order chi connectivity index (χ1) is 14.9. The van der Waals surface area contributed by atoms with Gasteiger partial charge in [-0.2, -0.15) is 9.94 Å². The van der Waals surface area contributed by atoms with Gasteiger partial charge in [0.25, 0.3) is 5.56 Å². The molecule has 1 aromatic heterocycles. The van der Waals surface area contributed by atoms with Crippen molar-refractivity contribution in [2.75, 3.05) is 26.0 Å². The zero-order valence-corrected chi connectivity index (χ0v) is 17.7. The number of rotatable bonds is 7. The Bertz CT molecular complexity index is 1160.